The first kappa shape index (κ1) is 10.5. The average Bonchev–Trinajstić information content (AvgIpc) is 2.90. The molecule has 0 saturated heterocycles. The van der Waals surface area contributed by atoms with Crippen LogP contribution in [-0.2, 0) is 5.41 Å². The number of ether oxygens (including phenoxy) is 1. The minimum atomic E-state index is -0.174. The topological polar surface area (TPSA) is 9.23 Å². The quantitative estimate of drug-likeness (QED) is 0.720. The normalized spacial score (nSPS) is 16.5. The fraction of sp³-hybridized carbons (Fsp3) is 0.538. The molecule has 2 rings (SSSR count). The van der Waals surface area contributed by atoms with E-state index in [9.17, 15) is 4.39 Å². The van der Waals surface area contributed by atoms with Crippen molar-refractivity contribution in [2.45, 2.75) is 45.1 Å². The molecule has 1 nitrogen and oxygen atoms in total. The van der Waals surface area contributed by atoms with Crippen LogP contribution in [0.1, 0.15) is 39.2 Å². The molecule has 0 amide bonds. The number of hydrogen-bond acceptors (Lipinski definition) is 1. The molecule has 1 aromatic rings. The third-order valence-electron chi connectivity index (χ3n) is 2.57. The van der Waals surface area contributed by atoms with Crippen LogP contribution in [0.4, 0.5) is 4.39 Å². The Morgan fingerprint density at radius 2 is 1.93 bits per heavy atom. The van der Waals surface area contributed by atoms with Gasteiger partial charge in [0.1, 0.15) is 11.6 Å². The third-order valence-corrected chi connectivity index (χ3v) is 2.57. The van der Waals surface area contributed by atoms with E-state index in [-0.39, 0.29) is 11.2 Å². The largest absolute Gasteiger partial charge is 0.490 e. The number of rotatable bonds is 2. The van der Waals surface area contributed by atoms with Gasteiger partial charge in [0.05, 0.1) is 6.10 Å². The maximum atomic E-state index is 13.6. The molecule has 1 aliphatic carbocycles. The Labute approximate surface area is 90.3 Å². The summed E-state index contributed by atoms with van der Waals surface area (Å²) < 4.78 is 19.2. The number of hydrogen-bond donors (Lipinski definition) is 0. The van der Waals surface area contributed by atoms with Crippen LogP contribution in [0.3, 0.4) is 0 Å². The Hall–Kier alpha value is -1.05. The Morgan fingerprint density at radius 3 is 2.47 bits per heavy atom. The Morgan fingerprint density at radius 1 is 1.27 bits per heavy atom. The molecule has 0 spiro atoms. The van der Waals surface area contributed by atoms with E-state index in [2.05, 4.69) is 0 Å². The first-order chi connectivity index (χ1) is 6.97. The summed E-state index contributed by atoms with van der Waals surface area (Å²) in [5.41, 5.74) is 0.549. The summed E-state index contributed by atoms with van der Waals surface area (Å²) in [5, 5.41) is 0. The van der Waals surface area contributed by atoms with Crippen LogP contribution in [0, 0.1) is 5.82 Å². The second-order valence-corrected chi connectivity index (χ2v) is 5.21. The van der Waals surface area contributed by atoms with Crippen molar-refractivity contribution in [3.8, 4) is 5.75 Å². The van der Waals surface area contributed by atoms with Gasteiger partial charge in [0, 0.05) is 0 Å². The fourth-order valence-electron chi connectivity index (χ4n) is 1.53. The second-order valence-electron chi connectivity index (χ2n) is 5.21. The van der Waals surface area contributed by atoms with Gasteiger partial charge in [-0.05, 0) is 42.0 Å². The van der Waals surface area contributed by atoms with Crippen molar-refractivity contribution >= 4 is 0 Å². The van der Waals surface area contributed by atoms with Gasteiger partial charge in [-0.15, -0.1) is 0 Å². The molecule has 1 aliphatic rings. The summed E-state index contributed by atoms with van der Waals surface area (Å²) >= 11 is 0. The molecule has 0 aromatic heterocycles. The van der Waals surface area contributed by atoms with Gasteiger partial charge in [-0.25, -0.2) is 4.39 Å². The van der Waals surface area contributed by atoms with Crippen LogP contribution < -0.4 is 4.74 Å². The van der Waals surface area contributed by atoms with Crippen LogP contribution in [-0.4, -0.2) is 6.10 Å². The first-order valence-electron chi connectivity index (χ1n) is 5.43. The van der Waals surface area contributed by atoms with Crippen molar-refractivity contribution in [3.05, 3.63) is 29.6 Å². The van der Waals surface area contributed by atoms with Crippen LogP contribution in [0.25, 0.3) is 0 Å². The summed E-state index contributed by atoms with van der Waals surface area (Å²) in [6.45, 7) is 6.02. The maximum Gasteiger partial charge on any atom is 0.127 e. The van der Waals surface area contributed by atoms with E-state index >= 15 is 0 Å². The van der Waals surface area contributed by atoms with Gasteiger partial charge in [0.2, 0.25) is 0 Å². The summed E-state index contributed by atoms with van der Waals surface area (Å²) in [5.74, 6) is 0.648. The van der Waals surface area contributed by atoms with E-state index in [1.807, 2.05) is 26.8 Å². The predicted octanol–water partition coefficient (Wildman–Crippen LogP) is 3.66. The molecule has 15 heavy (non-hydrogen) atoms. The monoisotopic (exact) mass is 208 g/mol. The number of benzene rings is 1. The lowest BCUT2D eigenvalue weighted by Crippen LogP contribution is -2.13. The van der Waals surface area contributed by atoms with Gasteiger partial charge in [0.15, 0.2) is 0 Å². The van der Waals surface area contributed by atoms with E-state index < -0.39 is 0 Å². The Bertz CT molecular complexity index is 361. The molecule has 1 saturated carbocycles. The molecule has 0 unspecified atom stereocenters. The van der Waals surface area contributed by atoms with E-state index in [1.54, 1.807) is 6.07 Å². The van der Waals surface area contributed by atoms with Crippen molar-refractivity contribution in [2.24, 2.45) is 0 Å². The fourth-order valence-corrected chi connectivity index (χ4v) is 1.53. The van der Waals surface area contributed by atoms with Crippen LogP contribution >= 0.6 is 0 Å². The highest BCUT2D eigenvalue weighted by Gasteiger charge is 2.25. The first-order valence-corrected chi connectivity index (χ1v) is 5.43. The summed E-state index contributed by atoms with van der Waals surface area (Å²) in [6.07, 6.45) is 2.62. The molecule has 82 valence electrons. The van der Waals surface area contributed by atoms with Crippen LogP contribution in [0.15, 0.2) is 18.2 Å². The maximum absolute atomic E-state index is 13.6. The third kappa shape index (κ3) is 2.49. The van der Waals surface area contributed by atoms with E-state index in [0.717, 1.165) is 24.2 Å². The molecule has 1 fully saturated rings. The van der Waals surface area contributed by atoms with Gasteiger partial charge in [-0.1, -0.05) is 20.8 Å². The van der Waals surface area contributed by atoms with Crippen molar-refractivity contribution in [3.63, 3.8) is 0 Å². The highest BCUT2D eigenvalue weighted by Crippen LogP contribution is 2.31. The van der Waals surface area contributed by atoms with Crippen LogP contribution in [0.2, 0.25) is 0 Å². The van der Waals surface area contributed by atoms with Crippen molar-refractivity contribution in [1.29, 1.82) is 0 Å². The van der Waals surface area contributed by atoms with Gasteiger partial charge >= 0.3 is 0 Å². The summed E-state index contributed by atoms with van der Waals surface area (Å²) in [7, 11) is 0. The predicted molar refractivity (Wildman–Crippen MR) is 58.8 cm³/mol. The van der Waals surface area contributed by atoms with Crippen LogP contribution in [0.5, 0.6) is 5.75 Å². The average molecular weight is 208 g/mol. The zero-order chi connectivity index (χ0) is 11.1. The molecule has 0 N–H and O–H groups in total. The second kappa shape index (κ2) is 3.51. The zero-order valence-electron chi connectivity index (χ0n) is 9.51. The summed E-state index contributed by atoms with van der Waals surface area (Å²) in [4.78, 5) is 0. The van der Waals surface area contributed by atoms with Gasteiger partial charge in [0.25, 0.3) is 0 Å². The summed E-state index contributed by atoms with van der Waals surface area (Å²) in [6, 6.07) is 5.04. The molecule has 0 radical (unpaired) electrons. The lowest BCUT2D eigenvalue weighted by atomic mass is 9.86. The highest BCUT2D eigenvalue weighted by atomic mass is 19.1. The standard InChI is InChI=1S/C13H17FO/c1-13(2,3)11-8-10(6-7-12(11)14)15-9-4-5-9/h6-9H,4-5H2,1-3H3. The molecular weight excluding hydrogens is 191 g/mol. The van der Waals surface area contributed by atoms with Crippen molar-refractivity contribution < 1.29 is 9.13 Å². The Balaban J connectivity index is 2.27. The van der Waals surface area contributed by atoms with Crippen molar-refractivity contribution in [1.82, 2.24) is 0 Å². The lowest BCUT2D eigenvalue weighted by Gasteiger charge is -2.20. The smallest absolute Gasteiger partial charge is 0.127 e. The van der Waals surface area contributed by atoms with Gasteiger partial charge in [-0.2, -0.15) is 0 Å². The Kier molecular flexibility index (Phi) is 2.45. The van der Waals surface area contributed by atoms with Crippen molar-refractivity contribution in [2.75, 3.05) is 0 Å². The zero-order valence-corrected chi connectivity index (χ0v) is 9.51. The molecule has 0 aliphatic heterocycles. The van der Waals surface area contributed by atoms with E-state index in [4.69, 9.17) is 4.74 Å². The molecule has 0 bridgehead atoms. The molecule has 1 aromatic carbocycles. The SMILES string of the molecule is CC(C)(C)c1cc(OC2CC2)ccc1F. The van der Waals surface area contributed by atoms with Gasteiger partial charge in [-0.3, -0.25) is 0 Å². The van der Waals surface area contributed by atoms with E-state index in [1.165, 1.54) is 6.07 Å². The van der Waals surface area contributed by atoms with Gasteiger partial charge < -0.3 is 4.74 Å². The number of halogens is 1. The lowest BCUT2D eigenvalue weighted by molar-refractivity contribution is 0.301. The highest BCUT2D eigenvalue weighted by molar-refractivity contribution is 5.34. The molecular formula is C13H17FO. The molecule has 0 heterocycles. The minimum Gasteiger partial charge on any atom is -0.490 e. The molecule has 2 heteroatoms. The molecule has 0 atom stereocenters. The minimum absolute atomic E-state index is 0.148. The van der Waals surface area contributed by atoms with E-state index in [0.29, 0.717) is 6.10 Å².